The lowest BCUT2D eigenvalue weighted by molar-refractivity contribution is -0.122. The SMILES string of the molecule is C=CCN1C(=O)S/C(=C/c2ccc(OC)c(OC)c2)C1=O. The van der Waals surface area contributed by atoms with Gasteiger partial charge in [-0.15, -0.1) is 6.58 Å². The zero-order valence-corrected chi connectivity index (χ0v) is 12.6. The highest BCUT2D eigenvalue weighted by Gasteiger charge is 2.34. The van der Waals surface area contributed by atoms with Gasteiger partial charge in [0, 0.05) is 6.54 Å². The Bertz CT molecular complexity index is 624. The molecule has 6 heteroatoms. The molecule has 1 aliphatic rings. The number of benzene rings is 1. The topological polar surface area (TPSA) is 55.8 Å². The summed E-state index contributed by atoms with van der Waals surface area (Å²) in [6, 6.07) is 5.29. The minimum atomic E-state index is -0.306. The van der Waals surface area contributed by atoms with Crippen LogP contribution in [-0.4, -0.2) is 36.8 Å². The maximum absolute atomic E-state index is 12.1. The first-order valence-corrected chi connectivity index (χ1v) is 7.00. The lowest BCUT2D eigenvalue weighted by Crippen LogP contribution is -2.27. The van der Waals surface area contributed by atoms with Crippen LogP contribution in [0.25, 0.3) is 6.08 Å². The second-order valence-corrected chi connectivity index (χ2v) is 5.19. The molecule has 1 aliphatic heterocycles. The number of carbonyl (C=O) groups excluding carboxylic acids is 2. The van der Waals surface area contributed by atoms with Gasteiger partial charge in [0.25, 0.3) is 11.1 Å². The van der Waals surface area contributed by atoms with Crippen molar-refractivity contribution in [3.63, 3.8) is 0 Å². The molecule has 1 heterocycles. The van der Waals surface area contributed by atoms with Crippen LogP contribution in [0.3, 0.4) is 0 Å². The molecule has 0 N–H and O–H groups in total. The highest BCUT2D eigenvalue weighted by molar-refractivity contribution is 8.18. The van der Waals surface area contributed by atoms with E-state index in [2.05, 4.69) is 6.58 Å². The van der Waals surface area contributed by atoms with Crippen molar-refractivity contribution in [1.29, 1.82) is 0 Å². The first kappa shape index (κ1) is 15.2. The molecule has 0 atom stereocenters. The van der Waals surface area contributed by atoms with Crippen LogP contribution < -0.4 is 9.47 Å². The zero-order chi connectivity index (χ0) is 15.4. The average Bonchev–Trinajstić information content (AvgIpc) is 2.75. The quantitative estimate of drug-likeness (QED) is 0.618. The first-order chi connectivity index (χ1) is 10.1. The second kappa shape index (κ2) is 6.49. The average molecular weight is 305 g/mol. The predicted molar refractivity (Wildman–Crippen MR) is 82.4 cm³/mol. The predicted octanol–water partition coefficient (Wildman–Crippen LogP) is 2.93. The maximum atomic E-state index is 12.1. The van der Waals surface area contributed by atoms with E-state index >= 15 is 0 Å². The molecule has 0 spiro atoms. The molecule has 2 amide bonds. The molecule has 1 aromatic carbocycles. The van der Waals surface area contributed by atoms with Crippen LogP contribution in [-0.2, 0) is 4.79 Å². The number of methoxy groups -OCH3 is 2. The number of carbonyl (C=O) groups is 2. The Hall–Kier alpha value is -2.21. The van der Waals surface area contributed by atoms with Gasteiger partial charge in [-0.25, -0.2) is 0 Å². The summed E-state index contributed by atoms with van der Waals surface area (Å²) in [4.78, 5) is 25.4. The van der Waals surface area contributed by atoms with Crippen molar-refractivity contribution in [2.45, 2.75) is 0 Å². The third-order valence-corrected chi connectivity index (χ3v) is 3.80. The Morgan fingerprint density at radius 3 is 2.57 bits per heavy atom. The molecule has 2 rings (SSSR count). The monoisotopic (exact) mass is 305 g/mol. The van der Waals surface area contributed by atoms with Crippen LogP contribution >= 0.6 is 11.8 Å². The number of imide groups is 1. The van der Waals surface area contributed by atoms with Crippen molar-refractivity contribution in [1.82, 2.24) is 4.90 Å². The fraction of sp³-hybridized carbons (Fsp3) is 0.200. The van der Waals surface area contributed by atoms with Gasteiger partial charge >= 0.3 is 0 Å². The van der Waals surface area contributed by atoms with Crippen molar-refractivity contribution in [3.05, 3.63) is 41.3 Å². The van der Waals surface area contributed by atoms with Crippen LogP contribution in [0.5, 0.6) is 11.5 Å². The van der Waals surface area contributed by atoms with E-state index in [9.17, 15) is 9.59 Å². The molecule has 0 bridgehead atoms. The smallest absolute Gasteiger partial charge is 0.293 e. The lowest BCUT2D eigenvalue weighted by Gasteiger charge is -2.08. The Kier molecular flexibility index (Phi) is 4.70. The van der Waals surface area contributed by atoms with Crippen molar-refractivity contribution in [3.8, 4) is 11.5 Å². The highest BCUT2D eigenvalue weighted by Crippen LogP contribution is 2.34. The first-order valence-electron chi connectivity index (χ1n) is 6.19. The Balaban J connectivity index is 2.30. The summed E-state index contributed by atoms with van der Waals surface area (Å²) in [5, 5.41) is -0.286. The molecule has 0 radical (unpaired) electrons. The maximum Gasteiger partial charge on any atom is 0.293 e. The lowest BCUT2D eigenvalue weighted by atomic mass is 10.2. The summed E-state index contributed by atoms with van der Waals surface area (Å²) in [5.41, 5.74) is 0.761. The molecule has 0 aliphatic carbocycles. The molecule has 1 saturated heterocycles. The molecule has 0 aromatic heterocycles. The molecule has 21 heavy (non-hydrogen) atoms. The van der Waals surface area contributed by atoms with Crippen molar-refractivity contribution in [2.75, 3.05) is 20.8 Å². The van der Waals surface area contributed by atoms with Crippen LogP contribution in [0.2, 0.25) is 0 Å². The van der Waals surface area contributed by atoms with Gasteiger partial charge in [-0.2, -0.15) is 0 Å². The van der Waals surface area contributed by atoms with Crippen LogP contribution in [0, 0.1) is 0 Å². The zero-order valence-electron chi connectivity index (χ0n) is 11.8. The molecule has 5 nitrogen and oxygen atoms in total. The van der Waals surface area contributed by atoms with Gasteiger partial charge in [-0.1, -0.05) is 12.1 Å². The molecule has 1 fully saturated rings. The van der Waals surface area contributed by atoms with E-state index in [1.165, 1.54) is 6.08 Å². The van der Waals surface area contributed by atoms with E-state index in [-0.39, 0.29) is 17.7 Å². The fourth-order valence-electron chi connectivity index (χ4n) is 1.88. The molecule has 110 valence electrons. The molecule has 0 unspecified atom stereocenters. The third-order valence-electron chi connectivity index (χ3n) is 2.89. The van der Waals surface area contributed by atoms with E-state index in [1.54, 1.807) is 38.5 Å². The van der Waals surface area contributed by atoms with E-state index < -0.39 is 0 Å². The molecular weight excluding hydrogens is 290 g/mol. The molecule has 1 aromatic rings. The number of nitrogens with zero attached hydrogens (tertiary/aromatic N) is 1. The van der Waals surface area contributed by atoms with Crippen LogP contribution in [0.15, 0.2) is 35.8 Å². The van der Waals surface area contributed by atoms with Crippen LogP contribution in [0.1, 0.15) is 5.56 Å². The Morgan fingerprint density at radius 2 is 1.95 bits per heavy atom. The third kappa shape index (κ3) is 3.11. The number of amides is 2. The summed E-state index contributed by atoms with van der Waals surface area (Å²) < 4.78 is 10.4. The molecular formula is C15H15NO4S. The fourth-order valence-corrected chi connectivity index (χ4v) is 2.73. The standard InChI is InChI=1S/C15H15NO4S/c1-4-7-16-14(17)13(21-15(16)18)9-10-5-6-11(19-2)12(8-10)20-3/h4-6,8-9H,1,7H2,2-3H3/b13-9+. The summed E-state index contributed by atoms with van der Waals surface area (Å²) >= 11 is 0.919. The van der Waals surface area contributed by atoms with Gasteiger partial charge in [0.2, 0.25) is 0 Å². The summed E-state index contributed by atoms with van der Waals surface area (Å²) in [6.07, 6.45) is 3.19. The Labute approximate surface area is 127 Å². The van der Waals surface area contributed by atoms with Crippen molar-refractivity contribution >= 4 is 29.0 Å². The van der Waals surface area contributed by atoms with Gasteiger partial charge < -0.3 is 9.47 Å². The number of ether oxygens (including phenoxy) is 2. The minimum Gasteiger partial charge on any atom is -0.493 e. The minimum absolute atomic E-state index is 0.216. The number of thioether (sulfide) groups is 1. The van der Waals surface area contributed by atoms with Gasteiger partial charge in [-0.3, -0.25) is 14.5 Å². The normalized spacial score (nSPS) is 16.5. The number of rotatable bonds is 5. The number of hydrogen-bond acceptors (Lipinski definition) is 5. The number of hydrogen-bond donors (Lipinski definition) is 0. The van der Waals surface area contributed by atoms with E-state index in [4.69, 9.17) is 9.47 Å². The summed E-state index contributed by atoms with van der Waals surface area (Å²) in [7, 11) is 3.09. The second-order valence-electron chi connectivity index (χ2n) is 4.20. The highest BCUT2D eigenvalue weighted by atomic mass is 32.2. The van der Waals surface area contributed by atoms with Crippen LogP contribution in [0.4, 0.5) is 4.79 Å². The van der Waals surface area contributed by atoms with Gasteiger partial charge in [0.15, 0.2) is 11.5 Å². The molecule has 0 saturated carbocycles. The van der Waals surface area contributed by atoms with Gasteiger partial charge in [0.05, 0.1) is 19.1 Å². The summed E-state index contributed by atoms with van der Waals surface area (Å²) in [6.45, 7) is 3.75. The van der Waals surface area contributed by atoms with Gasteiger partial charge in [0.1, 0.15) is 0 Å². The van der Waals surface area contributed by atoms with E-state index in [1.807, 2.05) is 0 Å². The van der Waals surface area contributed by atoms with Gasteiger partial charge in [-0.05, 0) is 35.5 Å². The van der Waals surface area contributed by atoms with E-state index in [0.29, 0.717) is 16.4 Å². The van der Waals surface area contributed by atoms with Crippen molar-refractivity contribution in [2.24, 2.45) is 0 Å². The Morgan fingerprint density at radius 1 is 1.24 bits per heavy atom. The summed E-state index contributed by atoms with van der Waals surface area (Å²) in [5.74, 6) is 0.866. The van der Waals surface area contributed by atoms with E-state index in [0.717, 1.165) is 22.2 Å². The largest absolute Gasteiger partial charge is 0.493 e. The van der Waals surface area contributed by atoms with Crippen molar-refractivity contribution < 1.29 is 19.1 Å².